The minimum atomic E-state index is -0.912. The van der Waals surface area contributed by atoms with E-state index in [0.29, 0.717) is 12.0 Å². The van der Waals surface area contributed by atoms with Gasteiger partial charge in [-0.2, -0.15) is 0 Å². The number of benzene rings is 2. The zero-order chi connectivity index (χ0) is 21.4. The van der Waals surface area contributed by atoms with Crippen molar-refractivity contribution in [3.05, 3.63) is 71.1 Å². The Morgan fingerprint density at radius 3 is 2.84 bits per heavy atom. The van der Waals surface area contributed by atoms with Crippen molar-refractivity contribution < 1.29 is 19.1 Å². The fraction of sp³-hybridized carbons (Fsp3) is 0.308. The summed E-state index contributed by atoms with van der Waals surface area (Å²) in [6.45, 7) is 0. The summed E-state index contributed by atoms with van der Waals surface area (Å²) >= 11 is 0. The van der Waals surface area contributed by atoms with E-state index in [1.54, 1.807) is 6.07 Å². The van der Waals surface area contributed by atoms with Gasteiger partial charge in [0.15, 0.2) is 5.78 Å². The van der Waals surface area contributed by atoms with E-state index in [-0.39, 0.29) is 12.2 Å². The maximum absolute atomic E-state index is 12.8. The van der Waals surface area contributed by atoms with Crippen LogP contribution in [0.25, 0.3) is 21.9 Å². The number of rotatable bonds is 8. The van der Waals surface area contributed by atoms with Crippen molar-refractivity contribution in [2.24, 2.45) is 5.92 Å². The number of aromatic nitrogens is 1. The molecule has 2 aromatic carbocycles. The second kappa shape index (κ2) is 8.06. The van der Waals surface area contributed by atoms with E-state index in [2.05, 4.69) is 11.1 Å². The Labute approximate surface area is 180 Å². The Hall–Kier alpha value is -3.34. The molecule has 1 aliphatic rings. The van der Waals surface area contributed by atoms with Crippen molar-refractivity contribution in [1.29, 1.82) is 0 Å². The van der Waals surface area contributed by atoms with Crippen LogP contribution >= 0.6 is 0 Å². The van der Waals surface area contributed by atoms with Gasteiger partial charge in [0.1, 0.15) is 11.3 Å². The van der Waals surface area contributed by atoms with Gasteiger partial charge in [-0.3, -0.25) is 9.59 Å². The highest BCUT2D eigenvalue weighted by Gasteiger charge is 2.24. The van der Waals surface area contributed by atoms with Crippen molar-refractivity contribution in [3.63, 3.8) is 0 Å². The molecule has 0 saturated heterocycles. The number of carboxylic acid groups (broad SMARTS) is 1. The molecule has 5 rings (SSSR count). The molecule has 0 aliphatic heterocycles. The Morgan fingerprint density at radius 2 is 1.97 bits per heavy atom. The molecule has 1 atom stereocenters. The van der Waals surface area contributed by atoms with Gasteiger partial charge >= 0.3 is 5.97 Å². The normalized spacial score (nSPS) is 14.2. The zero-order valence-corrected chi connectivity index (χ0v) is 17.3. The first kappa shape index (κ1) is 19.6. The Bertz CT molecular complexity index is 1280. The summed E-state index contributed by atoms with van der Waals surface area (Å²) in [6.07, 6.45) is 7.05. The lowest BCUT2D eigenvalue weighted by molar-refractivity contribution is -0.141. The summed E-state index contributed by atoms with van der Waals surface area (Å²) < 4.78 is 5.92. The number of hydrogen-bond donors (Lipinski definition) is 2. The molecule has 0 saturated carbocycles. The molecular weight excluding hydrogens is 390 g/mol. The lowest BCUT2D eigenvalue weighted by Gasteiger charge is -2.11. The molecule has 0 radical (unpaired) electrons. The maximum atomic E-state index is 12.8. The van der Waals surface area contributed by atoms with Crippen LogP contribution in [0, 0.1) is 5.92 Å². The molecule has 2 aromatic heterocycles. The Kier molecular flexibility index (Phi) is 5.10. The van der Waals surface area contributed by atoms with Gasteiger partial charge in [0.2, 0.25) is 0 Å². The fourth-order valence-electron chi connectivity index (χ4n) is 4.81. The van der Waals surface area contributed by atoms with Gasteiger partial charge in [-0.25, -0.2) is 0 Å². The molecule has 1 aliphatic carbocycles. The molecule has 158 valence electrons. The number of para-hydroxylation sites is 1. The van der Waals surface area contributed by atoms with Gasteiger partial charge in [0.25, 0.3) is 0 Å². The molecule has 0 bridgehead atoms. The first-order valence-electron chi connectivity index (χ1n) is 11.0. The summed E-state index contributed by atoms with van der Waals surface area (Å²) in [5.74, 6) is -0.710. The number of fused-ring (bicyclic) bond motifs is 4. The Balaban J connectivity index is 1.25. The third kappa shape index (κ3) is 3.76. The van der Waals surface area contributed by atoms with Gasteiger partial charge in [-0.1, -0.05) is 30.3 Å². The zero-order valence-electron chi connectivity index (χ0n) is 17.3. The van der Waals surface area contributed by atoms with E-state index in [0.717, 1.165) is 54.4 Å². The van der Waals surface area contributed by atoms with Crippen LogP contribution in [0.3, 0.4) is 0 Å². The van der Waals surface area contributed by atoms with Crippen molar-refractivity contribution in [3.8, 4) is 0 Å². The monoisotopic (exact) mass is 415 g/mol. The van der Waals surface area contributed by atoms with E-state index in [4.69, 9.17) is 4.42 Å². The third-order valence-electron chi connectivity index (χ3n) is 6.48. The maximum Gasteiger partial charge on any atom is 0.306 e. The number of aliphatic carboxylic acids is 1. The van der Waals surface area contributed by atoms with Crippen LogP contribution in [0.2, 0.25) is 0 Å². The average molecular weight is 415 g/mol. The number of H-pyrrole nitrogens is 1. The molecule has 0 spiro atoms. The molecule has 0 amide bonds. The van der Waals surface area contributed by atoms with Crippen LogP contribution in [0.1, 0.15) is 52.9 Å². The minimum absolute atomic E-state index is 0.00907. The molecule has 2 heterocycles. The first-order valence-corrected chi connectivity index (χ1v) is 11.0. The third-order valence-corrected chi connectivity index (χ3v) is 6.48. The standard InChI is InChI=1S/C26H25NO4/c28-23(16-11-12-21-20-8-4-10-24(20)31-25(21)14-16)13-17(26(29)30)5-3-6-18-15-27-22-9-2-1-7-19(18)22/h1-2,7,9,11-12,14-15,17,27H,3-6,8,10,13H2,(H,29,30)/t17-/m1/s1. The van der Waals surface area contributed by atoms with Gasteiger partial charge in [0, 0.05) is 46.5 Å². The molecule has 0 unspecified atom stereocenters. The fourth-order valence-corrected chi connectivity index (χ4v) is 4.81. The van der Waals surface area contributed by atoms with Gasteiger partial charge < -0.3 is 14.5 Å². The van der Waals surface area contributed by atoms with Crippen molar-refractivity contribution in [2.45, 2.75) is 44.9 Å². The van der Waals surface area contributed by atoms with Crippen LogP contribution in [0.15, 0.2) is 53.1 Å². The van der Waals surface area contributed by atoms with Gasteiger partial charge in [-0.15, -0.1) is 0 Å². The second-order valence-corrected chi connectivity index (χ2v) is 8.48. The second-order valence-electron chi connectivity index (χ2n) is 8.48. The molecular formula is C26H25NO4. The largest absolute Gasteiger partial charge is 0.481 e. The highest BCUT2D eigenvalue weighted by Crippen LogP contribution is 2.33. The predicted molar refractivity (Wildman–Crippen MR) is 120 cm³/mol. The van der Waals surface area contributed by atoms with E-state index in [9.17, 15) is 14.7 Å². The summed E-state index contributed by atoms with van der Waals surface area (Å²) in [4.78, 5) is 27.9. The smallest absolute Gasteiger partial charge is 0.306 e. The van der Waals surface area contributed by atoms with Crippen molar-refractivity contribution in [2.75, 3.05) is 0 Å². The molecule has 0 fully saturated rings. The Morgan fingerprint density at radius 1 is 1.10 bits per heavy atom. The summed E-state index contributed by atoms with van der Waals surface area (Å²) in [7, 11) is 0. The summed E-state index contributed by atoms with van der Waals surface area (Å²) in [6, 6.07) is 13.6. The van der Waals surface area contributed by atoms with E-state index in [1.165, 1.54) is 16.5 Å². The number of hydrogen-bond acceptors (Lipinski definition) is 3. The highest BCUT2D eigenvalue weighted by atomic mass is 16.4. The van der Waals surface area contributed by atoms with Crippen LogP contribution in [-0.4, -0.2) is 21.8 Å². The van der Waals surface area contributed by atoms with Gasteiger partial charge in [0.05, 0.1) is 5.92 Å². The number of aryl methyl sites for hydroxylation is 3. The number of ketones is 1. The SMILES string of the molecule is O=C(C[C@@H](CCCc1c[nH]c2ccccc12)C(=O)O)c1ccc2c3c(oc2c1)CCC3. The van der Waals surface area contributed by atoms with Crippen LogP contribution in [0.4, 0.5) is 0 Å². The van der Waals surface area contributed by atoms with Crippen LogP contribution in [-0.2, 0) is 24.1 Å². The van der Waals surface area contributed by atoms with Gasteiger partial charge in [-0.05, 0) is 49.8 Å². The van der Waals surface area contributed by atoms with Crippen molar-refractivity contribution in [1.82, 2.24) is 4.98 Å². The number of carboxylic acids is 1. The highest BCUT2D eigenvalue weighted by molar-refractivity contribution is 6.01. The summed E-state index contributed by atoms with van der Waals surface area (Å²) in [5, 5.41) is 11.9. The number of aromatic amines is 1. The lowest BCUT2D eigenvalue weighted by atomic mass is 9.92. The molecule has 5 nitrogen and oxygen atoms in total. The van der Waals surface area contributed by atoms with Crippen LogP contribution < -0.4 is 0 Å². The number of furan rings is 1. The molecule has 31 heavy (non-hydrogen) atoms. The minimum Gasteiger partial charge on any atom is -0.481 e. The van der Waals surface area contributed by atoms with E-state index >= 15 is 0 Å². The number of carbonyl (C=O) groups is 2. The summed E-state index contributed by atoms with van der Waals surface area (Å²) in [5.41, 5.74) is 4.79. The van der Waals surface area contributed by atoms with E-state index in [1.807, 2.05) is 36.5 Å². The average Bonchev–Trinajstić information content (AvgIpc) is 3.47. The lowest BCUT2D eigenvalue weighted by Crippen LogP contribution is -2.18. The number of Topliss-reactive ketones (excluding diaryl/α,β-unsaturated/α-hetero) is 1. The molecule has 5 heteroatoms. The first-order chi connectivity index (χ1) is 15.1. The molecule has 2 N–H and O–H groups in total. The molecule has 4 aromatic rings. The van der Waals surface area contributed by atoms with Crippen molar-refractivity contribution >= 4 is 33.6 Å². The quantitative estimate of drug-likeness (QED) is 0.362. The predicted octanol–water partition coefficient (Wildman–Crippen LogP) is 5.70. The number of nitrogens with one attached hydrogen (secondary N) is 1. The topological polar surface area (TPSA) is 83.3 Å². The van der Waals surface area contributed by atoms with E-state index < -0.39 is 11.9 Å². The van der Waals surface area contributed by atoms with Crippen LogP contribution in [0.5, 0.6) is 0 Å². The number of carbonyl (C=O) groups excluding carboxylic acids is 1.